The number of ether oxygens (including phenoxy) is 2. The number of aliphatic hydroxyl groups is 2. The number of nitrogens with one attached hydrogen (secondary N) is 1. The summed E-state index contributed by atoms with van der Waals surface area (Å²) >= 11 is 0. The van der Waals surface area contributed by atoms with Gasteiger partial charge in [-0.25, -0.2) is 9.37 Å². The van der Waals surface area contributed by atoms with Gasteiger partial charge in [-0.1, -0.05) is 0 Å². The molecule has 1 atom stereocenters. The Kier molecular flexibility index (Phi) is 8.57. The first-order chi connectivity index (χ1) is 19.2. The molecule has 12 heteroatoms. The van der Waals surface area contributed by atoms with E-state index in [1.165, 1.54) is 36.4 Å². The van der Waals surface area contributed by atoms with Gasteiger partial charge in [-0.05, 0) is 86.8 Å². The van der Waals surface area contributed by atoms with Crippen LogP contribution >= 0.6 is 0 Å². The van der Waals surface area contributed by atoms with Gasteiger partial charge < -0.3 is 30.7 Å². The van der Waals surface area contributed by atoms with Crippen LogP contribution in [0, 0.1) is 5.82 Å². The number of amides is 1. The molecule has 5 N–H and O–H groups in total. The third kappa shape index (κ3) is 7.13. The highest BCUT2D eigenvalue weighted by atomic mass is 19.4. The lowest BCUT2D eigenvalue weighted by molar-refractivity contribution is -0.265. The molecular weight excluding hydrogens is 546 g/mol. The molecule has 1 heterocycles. The van der Waals surface area contributed by atoms with Gasteiger partial charge in [0, 0.05) is 16.7 Å². The molecule has 0 aliphatic heterocycles. The van der Waals surface area contributed by atoms with E-state index in [4.69, 9.17) is 20.3 Å². The van der Waals surface area contributed by atoms with E-state index in [9.17, 15) is 27.5 Å². The van der Waals surface area contributed by atoms with Gasteiger partial charge in [0.05, 0.1) is 30.6 Å². The van der Waals surface area contributed by atoms with Gasteiger partial charge in [0.25, 0.3) is 5.91 Å². The number of pyridine rings is 1. The van der Waals surface area contributed by atoms with Crippen molar-refractivity contribution >= 4 is 5.91 Å². The van der Waals surface area contributed by atoms with E-state index in [1.54, 1.807) is 13.8 Å². The minimum absolute atomic E-state index is 0.00880. The topological polar surface area (TPSA) is 127 Å². The minimum atomic E-state index is -5.26. The summed E-state index contributed by atoms with van der Waals surface area (Å²) in [6, 6.07) is 11.6. The number of aliphatic hydroxyl groups excluding tert-OH is 1. The fourth-order valence-electron chi connectivity index (χ4n) is 3.91. The summed E-state index contributed by atoms with van der Waals surface area (Å²) in [6.45, 7) is 1.48. The van der Waals surface area contributed by atoms with Gasteiger partial charge in [-0.2, -0.15) is 13.2 Å². The van der Waals surface area contributed by atoms with Crippen LogP contribution in [0.5, 0.6) is 11.5 Å². The summed E-state index contributed by atoms with van der Waals surface area (Å²) in [7, 11) is 0. The number of carbonyl (C=O) groups excluding carboxylic acids is 1. The molecule has 0 saturated heterocycles. The van der Waals surface area contributed by atoms with Crippen molar-refractivity contribution in [1.29, 1.82) is 0 Å². The molecule has 0 spiro atoms. The molecular formula is C29H31F4N3O5. The fourth-order valence-corrected chi connectivity index (χ4v) is 3.91. The van der Waals surface area contributed by atoms with Crippen LogP contribution in [-0.2, 0) is 11.1 Å². The first-order valence-electron chi connectivity index (χ1n) is 12.9. The Morgan fingerprint density at radius 1 is 1.07 bits per heavy atom. The molecule has 1 unspecified atom stereocenters. The van der Waals surface area contributed by atoms with Crippen LogP contribution in [0.25, 0.3) is 11.3 Å². The van der Waals surface area contributed by atoms with E-state index in [0.717, 1.165) is 31.0 Å². The SMILES string of the molecule is CC(C)(N)c1cc(-c2ccc(F)cc2)nc(C(O)(CNC(=O)c2ccc(OC3CC3)c(OCCO)c2)C(F)(F)F)c1. The molecule has 0 radical (unpaired) electrons. The number of nitrogens with zero attached hydrogens (tertiary/aromatic N) is 1. The number of hydrogen-bond acceptors (Lipinski definition) is 7. The Morgan fingerprint density at radius 3 is 2.34 bits per heavy atom. The van der Waals surface area contributed by atoms with Crippen molar-refractivity contribution in [3.8, 4) is 22.8 Å². The van der Waals surface area contributed by atoms with Gasteiger partial charge in [-0.15, -0.1) is 0 Å². The number of aromatic nitrogens is 1. The average Bonchev–Trinajstić information content (AvgIpc) is 3.74. The summed E-state index contributed by atoms with van der Waals surface area (Å²) in [4.78, 5) is 17.0. The van der Waals surface area contributed by atoms with Crippen LogP contribution in [0.4, 0.5) is 17.6 Å². The lowest BCUT2D eigenvalue weighted by Gasteiger charge is -2.32. The predicted molar refractivity (Wildman–Crippen MR) is 142 cm³/mol. The van der Waals surface area contributed by atoms with Gasteiger partial charge >= 0.3 is 6.18 Å². The minimum Gasteiger partial charge on any atom is -0.487 e. The summed E-state index contributed by atoms with van der Waals surface area (Å²) in [5, 5.41) is 22.3. The number of halogens is 4. The zero-order valence-electron chi connectivity index (χ0n) is 22.5. The number of nitrogens with two attached hydrogens (primary N) is 1. The standard InChI is InChI=1S/C29H31F4N3O5/c1-27(2,34)19-14-22(17-3-6-20(30)7-4-17)36-25(15-19)28(39,29(31,32)33)16-35-26(38)18-5-10-23(41-21-8-9-21)24(13-18)40-12-11-37/h3-7,10,13-15,21,37,39H,8-9,11-12,16,34H2,1-2H3,(H,35,38). The fraction of sp³-hybridized carbons (Fsp3) is 0.379. The second kappa shape index (κ2) is 11.6. The largest absolute Gasteiger partial charge is 0.487 e. The number of benzene rings is 2. The van der Waals surface area contributed by atoms with Crippen LogP contribution in [0.2, 0.25) is 0 Å². The van der Waals surface area contributed by atoms with Crippen molar-refractivity contribution in [1.82, 2.24) is 10.3 Å². The van der Waals surface area contributed by atoms with Crippen LogP contribution in [0.1, 0.15) is 48.3 Å². The molecule has 1 aliphatic carbocycles. The van der Waals surface area contributed by atoms with Crippen molar-refractivity contribution < 1.29 is 42.0 Å². The maximum atomic E-state index is 14.5. The summed E-state index contributed by atoms with van der Waals surface area (Å²) < 4.78 is 68.0. The Morgan fingerprint density at radius 2 is 1.76 bits per heavy atom. The third-order valence-corrected chi connectivity index (χ3v) is 6.48. The molecule has 1 amide bonds. The van der Waals surface area contributed by atoms with Crippen molar-refractivity contribution in [2.75, 3.05) is 19.8 Å². The average molecular weight is 578 g/mol. The number of alkyl halides is 3. The smallest absolute Gasteiger partial charge is 0.424 e. The molecule has 1 aliphatic rings. The summed E-state index contributed by atoms with van der Waals surface area (Å²) in [5.74, 6) is -0.986. The van der Waals surface area contributed by atoms with Crippen molar-refractivity contribution in [2.45, 2.75) is 50.1 Å². The van der Waals surface area contributed by atoms with Crippen molar-refractivity contribution in [3.63, 3.8) is 0 Å². The number of hydrogen-bond donors (Lipinski definition) is 4. The zero-order valence-corrected chi connectivity index (χ0v) is 22.5. The van der Waals surface area contributed by atoms with Crippen LogP contribution < -0.4 is 20.5 Å². The highest BCUT2D eigenvalue weighted by Gasteiger charge is 2.56. The van der Waals surface area contributed by atoms with Crippen LogP contribution in [0.3, 0.4) is 0 Å². The molecule has 4 rings (SSSR count). The molecule has 0 bridgehead atoms. The van der Waals surface area contributed by atoms with E-state index in [-0.39, 0.29) is 41.9 Å². The summed E-state index contributed by atoms with van der Waals surface area (Å²) in [5.41, 5.74) is 1.17. The van der Waals surface area contributed by atoms with Gasteiger partial charge in [0.2, 0.25) is 5.60 Å². The monoisotopic (exact) mass is 577 g/mol. The van der Waals surface area contributed by atoms with Crippen LogP contribution in [-0.4, -0.2) is 53.1 Å². The Balaban J connectivity index is 1.66. The second-order valence-electron chi connectivity index (χ2n) is 10.4. The molecule has 8 nitrogen and oxygen atoms in total. The maximum absolute atomic E-state index is 14.5. The highest BCUT2D eigenvalue weighted by molar-refractivity contribution is 5.95. The lowest BCUT2D eigenvalue weighted by Crippen LogP contribution is -2.51. The Hall–Kier alpha value is -3.74. The highest BCUT2D eigenvalue weighted by Crippen LogP contribution is 2.40. The molecule has 41 heavy (non-hydrogen) atoms. The molecule has 3 aromatic rings. The number of carbonyl (C=O) groups is 1. The lowest BCUT2D eigenvalue weighted by atomic mass is 9.89. The quantitative estimate of drug-likeness (QED) is 0.252. The van der Waals surface area contributed by atoms with E-state index >= 15 is 0 Å². The van der Waals surface area contributed by atoms with Crippen molar-refractivity contribution in [2.24, 2.45) is 5.73 Å². The van der Waals surface area contributed by atoms with Gasteiger partial charge in [0.15, 0.2) is 11.5 Å². The van der Waals surface area contributed by atoms with Gasteiger partial charge in [0.1, 0.15) is 12.4 Å². The van der Waals surface area contributed by atoms with Gasteiger partial charge in [-0.3, -0.25) is 4.79 Å². The van der Waals surface area contributed by atoms with E-state index < -0.39 is 41.3 Å². The zero-order chi connectivity index (χ0) is 30.0. The number of rotatable bonds is 11. The predicted octanol–water partition coefficient (Wildman–Crippen LogP) is 4.17. The second-order valence-corrected chi connectivity index (χ2v) is 10.4. The molecule has 1 aromatic heterocycles. The molecule has 220 valence electrons. The molecule has 1 fully saturated rings. The van der Waals surface area contributed by atoms with E-state index in [1.807, 2.05) is 0 Å². The van der Waals surface area contributed by atoms with E-state index in [2.05, 4.69) is 10.3 Å². The Labute approximate surface area is 234 Å². The maximum Gasteiger partial charge on any atom is 0.424 e. The van der Waals surface area contributed by atoms with Crippen LogP contribution in [0.15, 0.2) is 54.6 Å². The molecule has 2 aromatic carbocycles. The Bertz CT molecular complexity index is 1390. The third-order valence-electron chi connectivity index (χ3n) is 6.48. The van der Waals surface area contributed by atoms with Crippen molar-refractivity contribution in [3.05, 3.63) is 77.2 Å². The first kappa shape index (κ1) is 30.2. The summed E-state index contributed by atoms with van der Waals surface area (Å²) in [6.07, 6.45) is -3.54. The van der Waals surface area contributed by atoms with E-state index in [0.29, 0.717) is 11.3 Å². The molecule has 1 saturated carbocycles. The first-order valence-corrected chi connectivity index (χ1v) is 12.9. The normalized spacial score (nSPS) is 15.2.